The second-order valence-electron chi connectivity index (χ2n) is 9.51. The summed E-state index contributed by atoms with van der Waals surface area (Å²) in [6, 6.07) is 19.3. The molecule has 2 aromatic heterocycles. The number of benzene rings is 2. The van der Waals surface area contributed by atoms with Crippen LogP contribution in [0.1, 0.15) is 25.5 Å². The zero-order valence-electron chi connectivity index (χ0n) is 21.2. The zero-order valence-corrected chi connectivity index (χ0v) is 21.2. The number of pyridine rings is 1. The van der Waals surface area contributed by atoms with Gasteiger partial charge in [-0.15, -0.1) is 0 Å². The number of piperazine rings is 1. The molecule has 0 spiro atoms. The summed E-state index contributed by atoms with van der Waals surface area (Å²) in [5.74, 6) is 0.286. The van der Waals surface area contributed by atoms with E-state index in [9.17, 15) is 9.90 Å². The van der Waals surface area contributed by atoms with Gasteiger partial charge in [-0.1, -0.05) is 6.07 Å². The number of anilines is 2. The van der Waals surface area contributed by atoms with Crippen LogP contribution in [0, 0.1) is 0 Å². The van der Waals surface area contributed by atoms with Crippen molar-refractivity contribution in [2.24, 2.45) is 0 Å². The number of hydrogen-bond donors (Lipinski definition) is 2. The first-order valence-corrected chi connectivity index (χ1v) is 12.7. The highest BCUT2D eigenvalue weighted by Crippen LogP contribution is 2.23. The van der Waals surface area contributed by atoms with Gasteiger partial charge >= 0.3 is 5.69 Å². The van der Waals surface area contributed by atoms with Crippen LogP contribution in [-0.4, -0.2) is 56.7 Å². The lowest BCUT2D eigenvalue weighted by Gasteiger charge is -2.37. The van der Waals surface area contributed by atoms with E-state index < -0.39 is 0 Å². The van der Waals surface area contributed by atoms with Crippen LogP contribution in [0.3, 0.4) is 0 Å². The van der Waals surface area contributed by atoms with Crippen LogP contribution >= 0.6 is 0 Å². The van der Waals surface area contributed by atoms with E-state index in [2.05, 4.69) is 44.3 Å². The van der Waals surface area contributed by atoms with Crippen molar-refractivity contribution in [1.82, 2.24) is 24.6 Å². The van der Waals surface area contributed by atoms with Crippen LogP contribution in [0.2, 0.25) is 0 Å². The normalized spacial score (nSPS) is 15.5. The van der Waals surface area contributed by atoms with Crippen molar-refractivity contribution in [2.45, 2.75) is 32.5 Å². The molecule has 0 aliphatic carbocycles. The molecule has 1 fully saturated rings. The first kappa shape index (κ1) is 24.6. The highest BCUT2D eigenvalue weighted by molar-refractivity contribution is 5.54. The highest BCUT2D eigenvalue weighted by atomic mass is 16.3. The first-order valence-electron chi connectivity index (χ1n) is 12.7. The number of aromatic nitrogens is 4. The van der Waals surface area contributed by atoms with Crippen LogP contribution in [0.25, 0.3) is 5.69 Å². The number of phenols is 1. The van der Waals surface area contributed by atoms with Crippen molar-refractivity contribution in [3.63, 3.8) is 0 Å². The number of aromatic hydroxyl groups is 1. The molecular weight excluding hydrogens is 466 g/mol. The van der Waals surface area contributed by atoms with E-state index in [4.69, 9.17) is 0 Å². The molecule has 0 bridgehead atoms. The minimum Gasteiger partial charge on any atom is -0.508 e. The fraction of sp³-hybridized carbons (Fsp3) is 0.321. The van der Waals surface area contributed by atoms with Crippen LogP contribution in [-0.2, 0) is 6.54 Å². The van der Waals surface area contributed by atoms with E-state index in [1.165, 1.54) is 4.68 Å². The number of nitrogens with zero attached hydrogens (tertiary/aromatic N) is 6. The molecule has 2 atom stereocenters. The largest absolute Gasteiger partial charge is 0.508 e. The predicted molar refractivity (Wildman–Crippen MR) is 146 cm³/mol. The lowest BCUT2D eigenvalue weighted by molar-refractivity contribution is 0.356. The van der Waals surface area contributed by atoms with E-state index in [0.29, 0.717) is 6.54 Å². The van der Waals surface area contributed by atoms with Crippen molar-refractivity contribution in [3.05, 3.63) is 95.4 Å². The first-order chi connectivity index (χ1) is 18.0. The third-order valence-corrected chi connectivity index (χ3v) is 7.14. The van der Waals surface area contributed by atoms with Gasteiger partial charge in [0.2, 0.25) is 0 Å². The Morgan fingerprint density at radius 2 is 1.49 bits per heavy atom. The number of hydrogen-bond acceptors (Lipinski definition) is 7. The maximum atomic E-state index is 13.2. The number of rotatable bonds is 8. The molecule has 3 heterocycles. The molecule has 37 heavy (non-hydrogen) atoms. The molecule has 2 aromatic carbocycles. The monoisotopic (exact) mass is 499 g/mol. The summed E-state index contributed by atoms with van der Waals surface area (Å²) < 4.78 is 3.13. The lowest BCUT2D eigenvalue weighted by Crippen LogP contribution is -2.46. The Bertz CT molecular complexity index is 1340. The Hall–Kier alpha value is -4.11. The summed E-state index contributed by atoms with van der Waals surface area (Å²) in [7, 11) is 0. The van der Waals surface area contributed by atoms with Gasteiger partial charge in [0.15, 0.2) is 0 Å². The van der Waals surface area contributed by atoms with Crippen LogP contribution in [0.15, 0.2) is 84.2 Å². The minimum absolute atomic E-state index is 0.0453. The van der Waals surface area contributed by atoms with Gasteiger partial charge < -0.3 is 20.2 Å². The van der Waals surface area contributed by atoms with Crippen molar-refractivity contribution in [1.29, 1.82) is 0 Å². The zero-order chi connectivity index (χ0) is 25.8. The van der Waals surface area contributed by atoms with E-state index in [0.717, 1.165) is 48.8 Å². The molecule has 2 N–H and O–H groups in total. The average molecular weight is 500 g/mol. The third kappa shape index (κ3) is 5.51. The van der Waals surface area contributed by atoms with E-state index in [1.807, 2.05) is 49.5 Å². The summed E-state index contributed by atoms with van der Waals surface area (Å²) in [5, 5.41) is 17.4. The van der Waals surface area contributed by atoms with Gasteiger partial charge in [-0.25, -0.2) is 14.0 Å². The van der Waals surface area contributed by atoms with Crippen molar-refractivity contribution < 1.29 is 5.11 Å². The fourth-order valence-electron chi connectivity index (χ4n) is 4.65. The van der Waals surface area contributed by atoms with Gasteiger partial charge in [-0.05, 0) is 74.0 Å². The molecule has 4 aromatic rings. The van der Waals surface area contributed by atoms with Gasteiger partial charge in [0, 0.05) is 62.5 Å². The Balaban J connectivity index is 1.20. The third-order valence-electron chi connectivity index (χ3n) is 7.14. The topological polar surface area (TPSA) is 91.5 Å². The molecule has 1 aliphatic rings. The van der Waals surface area contributed by atoms with Crippen molar-refractivity contribution in [2.75, 3.05) is 36.0 Å². The fourth-order valence-corrected chi connectivity index (χ4v) is 4.65. The smallest absolute Gasteiger partial charge is 0.350 e. The molecule has 5 rings (SSSR count). The quantitative estimate of drug-likeness (QED) is 0.385. The van der Waals surface area contributed by atoms with Crippen molar-refractivity contribution >= 4 is 11.4 Å². The number of phenolic OH excluding ortho intramolecular Hbond substituents is 1. The van der Waals surface area contributed by atoms with Crippen LogP contribution in [0.4, 0.5) is 11.4 Å². The van der Waals surface area contributed by atoms with Gasteiger partial charge in [0.25, 0.3) is 0 Å². The molecule has 1 saturated heterocycles. The molecule has 0 saturated carbocycles. The summed E-state index contributed by atoms with van der Waals surface area (Å²) in [5.41, 5.74) is 4.00. The molecule has 9 heteroatoms. The maximum absolute atomic E-state index is 13.2. The number of nitrogens with one attached hydrogen (secondary N) is 1. The van der Waals surface area contributed by atoms with Gasteiger partial charge in [-0.2, -0.15) is 5.10 Å². The maximum Gasteiger partial charge on any atom is 0.350 e. The Kier molecular flexibility index (Phi) is 7.23. The summed E-state index contributed by atoms with van der Waals surface area (Å²) in [4.78, 5) is 22.0. The predicted octanol–water partition coefficient (Wildman–Crippen LogP) is 3.20. The molecule has 1 aliphatic heterocycles. The summed E-state index contributed by atoms with van der Waals surface area (Å²) in [6.45, 7) is 8.36. The van der Waals surface area contributed by atoms with E-state index in [-0.39, 0.29) is 23.5 Å². The average Bonchev–Trinajstić information content (AvgIpc) is 3.33. The summed E-state index contributed by atoms with van der Waals surface area (Å²) >= 11 is 0. The van der Waals surface area contributed by atoms with Crippen LogP contribution < -0.4 is 20.8 Å². The molecule has 0 radical (unpaired) electrons. The molecular formula is C28H33N7O2. The second kappa shape index (κ2) is 10.9. The van der Waals surface area contributed by atoms with Gasteiger partial charge in [-0.3, -0.25) is 4.98 Å². The Morgan fingerprint density at radius 1 is 0.892 bits per heavy atom. The van der Waals surface area contributed by atoms with Crippen molar-refractivity contribution in [3.8, 4) is 11.4 Å². The van der Waals surface area contributed by atoms with Gasteiger partial charge in [0.05, 0.1) is 11.7 Å². The molecule has 0 amide bonds. The Labute approximate surface area is 216 Å². The SMILES string of the molecule is C[C@H](NCc1cccnc1)[C@@H](C)n1ncn(-c2ccc(N3CCN(c4ccc(O)cc4)CC3)cc2)c1=O. The highest BCUT2D eigenvalue weighted by Gasteiger charge is 2.20. The molecule has 192 valence electrons. The minimum atomic E-state index is -0.155. The van der Waals surface area contributed by atoms with E-state index >= 15 is 0 Å². The van der Waals surface area contributed by atoms with E-state index in [1.54, 1.807) is 29.2 Å². The standard InChI is InChI=1S/C28H33N7O2/c1-21(30-19-23-4-3-13-29-18-23)22(2)35-28(37)34(20-31-35)26-7-5-24(6-8-26)32-14-16-33(17-15-32)25-9-11-27(36)12-10-25/h3-13,18,20-22,30,36H,14-17,19H2,1-2H3/t21-,22+/m0/s1. The molecule has 0 unspecified atom stereocenters. The van der Waals surface area contributed by atoms with Gasteiger partial charge in [0.1, 0.15) is 12.1 Å². The molecule has 9 nitrogen and oxygen atoms in total. The Morgan fingerprint density at radius 3 is 2.08 bits per heavy atom. The van der Waals surface area contributed by atoms with Crippen LogP contribution in [0.5, 0.6) is 5.75 Å². The lowest BCUT2D eigenvalue weighted by atomic mass is 10.1. The summed E-state index contributed by atoms with van der Waals surface area (Å²) in [6.07, 6.45) is 5.19. The second-order valence-corrected chi connectivity index (χ2v) is 9.51.